The lowest BCUT2D eigenvalue weighted by Crippen LogP contribution is -2.42. The number of ether oxygens (including phenoxy) is 1. The van der Waals surface area contributed by atoms with Gasteiger partial charge >= 0.3 is 0 Å². The van der Waals surface area contributed by atoms with E-state index in [1.165, 1.54) is 0 Å². The fourth-order valence-electron chi connectivity index (χ4n) is 1.18. The van der Waals surface area contributed by atoms with Gasteiger partial charge in [0.2, 0.25) is 6.41 Å². The van der Waals surface area contributed by atoms with Crippen LogP contribution in [0, 0.1) is 0 Å². The number of hydrogen-bond donors (Lipinski definition) is 3. The molecule has 1 rings (SSSR count). The summed E-state index contributed by atoms with van der Waals surface area (Å²) in [6.45, 7) is 4.86. The molecule has 0 amide bonds. The number of aliphatic hydroxyl groups excluding tert-OH is 1. The van der Waals surface area contributed by atoms with Crippen LogP contribution in [0.25, 0.3) is 0 Å². The first-order valence-corrected chi connectivity index (χ1v) is 4.18. The summed E-state index contributed by atoms with van der Waals surface area (Å²) in [6.07, 6.45) is -1.40. The maximum atomic E-state index is 8.48. The molecule has 5 heteroatoms. The van der Waals surface area contributed by atoms with Crippen molar-refractivity contribution in [3.8, 4) is 0 Å². The Hall–Kier alpha value is -0.200. The van der Waals surface area contributed by atoms with E-state index in [1.807, 2.05) is 0 Å². The molecule has 0 aromatic heterocycles. The number of morpholine rings is 1. The van der Waals surface area contributed by atoms with Crippen LogP contribution < -0.4 is 5.32 Å². The van der Waals surface area contributed by atoms with Gasteiger partial charge < -0.3 is 14.9 Å². The van der Waals surface area contributed by atoms with Gasteiger partial charge in [0, 0.05) is 26.2 Å². The van der Waals surface area contributed by atoms with Crippen molar-refractivity contribution < 1.29 is 14.9 Å². The SMILES string of the molecule is OC(O)NCCN1CCOCC1. The number of hydrogen-bond acceptors (Lipinski definition) is 5. The standard InChI is InChI=1S/C7H16N2O3/c10-7(11)8-1-2-9-3-5-12-6-4-9/h7-8,10-11H,1-6H2. The quantitative estimate of drug-likeness (QED) is 0.440. The summed E-state index contributed by atoms with van der Waals surface area (Å²) in [5.74, 6) is 0. The lowest BCUT2D eigenvalue weighted by atomic mass is 10.4. The van der Waals surface area contributed by atoms with Gasteiger partial charge in [0.05, 0.1) is 13.2 Å². The minimum Gasteiger partial charge on any atom is -0.379 e. The van der Waals surface area contributed by atoms with Gasteiger partial charge in [-0.2, -0.15) is 0 Å². The van der Waals surface area contributed by atoms with Crippen molar-refractivity contribution in [1.82, 2.24) is 10.2 Å². The van der Waals surface area contributed by atoms with E-state index >= 15 is 0 Å². The minimum atomic E-state index is -1.40. The molecule has 0 aromatic rings. The maximum Gasteiger partial charge on any atom is 0.211 e. The summed E-state index contributed by atoms with van der Waals surface area (Å²) in [6, 6.07) is 0. The van der Waals surface area contributed by atoms with Crippen molar-refractivity contribution in [2.75, 3.05) is 39.4 Å². The van der Waals surface area contributed by atoms with Gasteiger partial charge in [0.25, 0.3) is 0 Å². The highest BCUT2D eigenvalue weighted by molar-refractivity contribution is 4.62. The number of rotatable bonds is 4. The summed E-state index contributed by atoms with van der Waals surface area (Å²) in [7, 11) is 0. The zero-order valence-corrected chi connectivity index (χ0v) is 7.07. The van der Waals surface area contributed by atoms with Gasteiger partial charge in [-0.1, -0.05) is 0 Å². The lowest BCUT2D eigenvalue weighted by Gasteiger charge is -2.26. The Morgan fingerprint density at radius 1 is 1.33 bits per heavy atom. The van der Waals surface area contributed by atoms with E-state index in [-0.39, 0.29) is 0 Å². The van der Waals surface area contributed by atoms with E-state index < -0.39 is 6.41 Å². The fraction of sp³-hybridized carbons (Fsp3) is 1.00. The fourth-order valence-corrected chi connectivity index (χ4v) is 1.18. The van der Waals surface area contributed by atoms with Crippen LogP contribution in [0.2, 0.25) is 0 Å². The van der Waals surface area contributed by atoms with Gasteiger partial charge in [-0.25, -0.2) is 0 Å². The molecule has 3 N–H and O–H groups in total. The van der Waals surface area contributed by atoms with E-state index in [9.17, 15) is 0 Å². The summed E-state index contributed by atoms with van der Waals surface area (Å²) >= 11 is 0. The highest BCUT2D eigenvalue weighted by Crippen LogP contribution is 1.94. The van der Waals surface area contributed by atoms with Crippen molar-refractivity contribution in [2.24, 2.45) is 0 Å². The van der Waals surface area contributed by atoms with E-state index in [0.717, 1.165) is 32.8 Å². The molecule has 0 spiro atoms. The predicted molar refractivity (Wildman–Crippen MR) is 43.5 cm³/mol. The first-order valence-electron chi connectivity index (χ1n) is 4.18. The molecule has 0 aromatic carbocycles. The van der Waals surface area contributed by atoms with Crippen LogP contribution in [0.4, 0.5) is 0 Å². The number of aliphatic hydroxyl groups is 2. The molecular weight excluding hydrogens is 160 g/mol. The number of nitrogens with one attached hydrogen (secondary N) is 1. The third-order valence-corrected chi connectivity index (χ3v) is 1.86. The smallest absolute Gasteiger partial charge is 0.211 e. The molecule has 0 atom stereocenters. The summed E-state index contributed by atoms with van der Waals surface area (Å²) in [5, 5.41) is 19.5. The Bertz CT molecular complexity index is 115. The van der Waals surface area contributed by atoms with Crippen molar-refractivity contribution >= 4 is 0 Å². The van der Waals surface area contributed by atoms with Crippen molar-refractivity contribution in [1.29, 1.82) is 0 Å². The molecule has 1 aliphatic rings. The zero-order chi connectivity index (χ0) is 8.81. The molecule has 1 saturated heterocycles. The van der Waals surface area contributed by atoms with Crippen molar-refractivity contribution in [3.05, 3.63) is 0 Å². The second kappa shape index (κ2) is 5.45. The first-order chi connectivity index (χ1) is 5.79. The molecule has 0 bridgehead atoms. The largest absolute Gasteiger partial charge is 0.379 e. The zero-order valence-electron chi connectivity index (χ0n) is 7.07. The molecule has 5 nitrogen and oxygen atoms in total. The van der Waals surface area contributed by atoms with Gasteiger partial charge in [-0.05, 0) is 0 Å². The van der Waals surface area contributed by atoms with Crippen molar-refractivity contribution in [2.45, 2.75) is 6.41 Å². The van der Waals surface area contributed by atoms with Gasteiger partial charge in [-0.3, -0.25) is 10.2 Å². The maximum absolute atomic E-state index is 8.48. The molecule has 0 saturated carbocycles. The monoisotopic (exact) mass is 176 g/mol. The molecule has 1 aliphatic heterocycles. The molecule has 0 aliphatic carbocycles. The van der Waals surface area contributed by atoms with Crippen LogP contribution >= 0.6 is 0 Å². The average molecular weight is 176 g/mol. The minimum absolute atomic E-state index is 0.595. The molecule has 0 unspecified atom stereocenters. The highest BCUT2D eigenvalue weighted by Gasteiger charge is 2.09. The van der Waals surface area contributed by atoms with Crippen molar-refractivity contribution in [3.63, 3.8) is 0 Å². The Labute approximate surface area is 71.9 Å². The predicted octanol–water partition coefficient (Wildman–Crippen LogP) is -1.82. The molecule has 0 radical (unpaired) electrons. The normalized spacial score (nSPS) is 20.2. The highest BCUT2D eigenvalue weighted by atomic mass is 16.5. The van der Waals surface area contributed by atoms with Crippen LogP contribution in [0.3, 0.4) is 0 Å². The van der Waals surface area contributed by atoms with E-state index in [2.05, 4.69) is 10.2 Å². The van der Waals surface area contributed by atoms with Crippen LogP contribution in [0.5, 0.6) is 0 Å². The topological polar surface area (TPSA) is 65.0 Å². The second-order valence-electron chi connectivity index (χ2n) is 2.78. The van der Waals surface area contributed by atoms with Gasteiger partial charge in [-0.15, -0.1) is 0 Å². The average Bonchev–Trinajstić information content (AvgIpc) is 2.05. The Kier molecular flexibility index (Phi) is 4.49. The molecular formula is C7H16N2O3. The summed E-state index contributed by atoms with van der Waals surface area (Å²) < 4.78 is 5.17. The Balaban J connectivity index is 1.98. The summed E-state index contributed by atoms with van der Waals surface area (Å²) in [4.78, 5) is 2.22. The Morgan fingerprint density at radius 3 is 2.58 bits per heavy atom. The van der Waals surface area contributed by atoms with E-state index in [1.54, 1.807) is 0 Å². The van der Waals surface area contributed by atoms with Crippen LogP contribution in [-0.2, 0) is 4.74 Å². The Morgan fingerprint density at radius 2 is 2.00 bits per heavy atom. The van der Waals surface area contributed by atoms with Crippen LogP contribution in [-0.4, -0.2) is 60.9 Å². The second-order valence-corrected chi connectivity index (χ2v) is 2.78. The molecule has 1 fully saturated rings. The first kappa shape index (κ1) is 9.88. The third kappa shape index (κ3) is 3.99. The van der Waals surface area contributed by atoms with E-state index in [0.29, 0.717) is 6.54 Å². The van der Waals surface area contributed by atoms with Gasteiger partial charge in [0.1, 0.15) is 0 Å². The van der Waals surface area contributed by atoms with Crippen LogP contribution in [0.1, 0.15) is 0 Å². The van der Waals surface area contributed by atoms with Crippen LogP contribution in [0.15, 0.2) is 0 Å². The van der Waals surface area contributed by atoms with Gasteiger partial charge in [0.15, 0.2) is 0 Å². The summed E-state index contributed by atoms with van der Waals surface area (Å²) in [5.41, 5.74) is 0. The lowest BCUT2D eigenvalue weighted by molar-refractivity contribution is -0.0674. The molecule has 1 heterocycles. The molecule has 72 valence electrons. The third-order valence-electron chi connectivity index (χ3n) is 1.86. The molecule has 12 heavy (non-hydrogen) atoms. The van der Waals surface area contributed by atoms with E-state index in [4.69, 9.17) is 14.9 Å². The number of nitrogens with zero attached hydrogens (tertiary/aromatic N) is 1.